The normalized spacial score (nSPS) is 17.1. The van der Waals surface area contributed by atoms with Gasteiger partial charge in [0.15, 0.2) is 0 Å². The Balaban J connectivity index is 1.68. The van der Waals surface area contributed by atoms with E-state index in [0.29, 0.717) is 23.9 Å². The number of ether oxygens (including phenoxy) is 1. The predicted octanol–water partition coefficient (Wildman–Crippen LogP) is 3.62. The molecule has 1 amide bonds. The summed E-state index contributed by atoms with van der Waals surface area (Å²) in [7, 11) is 0. The average molecular weight is 330 g/mol. The summed E-state index contributed by atoms with van der Waals surface area (Å²) in [5, 5.41) is 4.02. The first-order chi connectivity index (χ1) is 11.1. The minimum Gasteiger partial charge on any atom is -0.371 e. The molecule has 0 aliphatic carbocycles. The molecule has 122 valence electrons. The van der Waals surface area contributed by atoms with Gasteiger partial charge in [-0.25, -0.2) is 4.98 Å². The van der Waals surface area contributed by atoms with Crippen molar-refractivity contribution >= 4 is 17.2 Å². The van der Waals surface area contributed by atoms with Gasteiger partial charge in [0.05, 0.1) is 17.3 Å². The van der Waals surface area contributed by atoms with Crippen molar-refractivity contribution in [1.29, 1.82) is 0 Å². The van der Waals surface area contributed by atoms with Crippen LogP contribution in [0.15, 0.2) is 24.3 Å². The number of nitrogens with zero attached hydrogens (tertiary/aromatic N) is 1. The monoisotopic (exact) mass is 330 g/mol. The molecule has 5 heteroatoms. The number of hydrogen-bond donors (Lipinski definition) is 1. The van der Waals surface area contributed by atoms with E-state index in [4.69, 9.17) is 4.74 Å². The van der Waals surface area contributed by atoms with E-state index >= 15 is 0 Å². The van der Waals surface area contributed by atoms with Crippen LogP contribution >= 0.6 is 11.3 Å². The van der Waals surface area contributed by atoms with Gasteiger partial charge < -0.3 is 10.1 Å². The summed E-state index contributed by atoms with van der Waals surface area (Å²) in [6.45, 7) is 7.27. The summed E-state index contributed by atoms with van der Waals surface area (Å²) in [5.41, 5.74) is 3.30. The zero-order chi connectivity index (χ0) is 16.4. The molecule has 0 radical (unpaired) electrons. The Morgan fingerprint density at radius 1 is 1.43 bits per heavy atom. The largest absolute Gasteiger partial charge is 0.371 e. The first-order valence-corrected chi connectivity index (χ1v) is 8.83. The minimum atomic E-state index is -0.0679. The number of aromatic nitrogens is 1. The summed E-state index contributed by atoms with van der Waals surface area (Å²) in [4.78, 5) is 17.7. The fourth-order valence-electron chi connectivity index (χ4n) is 2.79. The van der Waals surface area contributed by atoms with E-state index in [2.05, 4.69) is 36.3 Å². The van der Waals surface area contributed by atoms with Gasteiger partial charge in [0.25, 0.3) is 5.91 Å². The highest BCUT2D eigenvalue weighted by atomic mass is 32.1. The number of carbonyl (C=O) groups is 1. The van der Waals surface area contributed by atoms with Crippen LogP contribution in [-0.2, 0) is 11.2 Å². The standard InChI is InChI=1S/C18H22N2O2S/c1-11(2)18-20-12(3)16(23-18)17(21)19-10-15-14-7-5-4-6-13(14)8-9-22-15/h4-7,11,15H,8-10H2,1-3H3,(H,19,21)/t15-/m1/s1. The van der Waals surface area contributed by atoms with Crippen molar-refractivity contribution in [2.75, 3.05) is 13.2 Å². The van der Waals surface area contributed by atoms with Crippen molar-refractivity contribution in [2.45, 2.75) is 39.2 Å². The highest BCUT2D eigenvalue weighted by molar-refractivity contribution is 7.13. The maximum Gasteiger partial charge on any atom is 0.263 e. The lowest BCUT2D eigenvalue weighted by Gasteiger charge is -2.26. The molecule has 23 heavy (non-hydrogen) atoms. The Morgan fingerprint density at radius 2 is 2.22 bits per heavy atom. The summed E-state index contributed by atoms with van der Waals surface area (Å²) >= 11 is 1.48. The second-order valence-corrected chi connectivity index (χ2v) is 7.17. The Kier molecular flexibility index (Phi) is 4.78. The molecule has 0 bridgehead atoms. The van der Waals surface area contributed by atoms with Crippen molar-refractivity contribution in [3.63, 3.8) is 0 Å². The average Bonchev–Trinajstić information content (AvgIpc) is 2.95. The number of hydrogen-bond acceptors (Lipinski definition) is 4. The van der Waals surface area contributed by atoms with E-state index < -0.39 is 0 Å². The summed E-state index contributed by atoms with van der Waals surface area (Å²) in [5.74, 6) is 0.285. The molecule has 1 aromatic carbocycles. The quantitative estimate of drug-likeness (QED) is 0.931. The van der Waals surface area contributed by atoms with Crippen molar-refractivity contribution in [3.8, 4) is 0 Å². The lowest BCUT2D eigenvalue weighted by Crippen LogP contribution is -2.31. The Morgan fingerprint density at radius 3 is 2.96 bits per heavy atom. The molecule has 3 rings (SSSR count). The van der Waals surface area contributed by atoms with Gasteiger partial charge in [0, 0.05) is 12.5 Å². The molecule has 1 aromatic heterocycles. The fraction of sp³-hybridized carbons (Fsp3) is 0.444. The third-order valence-corrected chi connectivity index (χ3v) is 5.51. The third kappa shape index (κ3) is 3.46. The first-order valence-electron chi connectivity index (χ1n) is 8.01. The second-order valence-electron chi connectivity index (χ2n) is 6.14. The van der Waals surface area contributed by atoms with Crippen molar-refractivity contribution in [2.24, 2.45) is 0 Å². The maximum absolute atomic E-state index is 12.5. The van der Waals surface area contributed by atoms with E-state index in [0.717, 1.165) is 17.1 Å². The topological polar surface area (TPSA) is 51.2 Å². The number of benzene rings is 1. The molecule has 2 heterocycles. The number of rotatable bonds is 4. The van der Waals surface area contributed by atoms with Crippen LogP contribution in [-0.4, -0.2) is 24.0 Å². The molecule has 1 atom stereocenters. The van der Waals surface area contributed by atoms with E-state index in [1.807, 2.05) is 19.1 Å². The maximum atomic E-state index is 12.5. The van der Waals surface area contributed by atoms with Crippen LogP contribution in [0.3, 0.4) is 0 Å². The first kappa shape index (κ1) is 16.1. The number of nitrogens with one attached hydrogen (secondary N) is 1. The molecule has 1 N–H and O–H groups in total. The van der Waals surface area contributed by atoms with E-state index in [1.54, 1.807) is 0 Å². The minimum absolute atomic E-state index is 0.0569. The zero-order valence-electron chi connectivity index (χ0n) is 13.8. The summed E-state index contributed by atoms with van der Waals surface area (Å²) in [6.07, 6.45) is 0.869. The van der Waals surface area contributed by atoms with E-state index in [9.17, 15) is 4.79 Å². The lowest BCUT2D eigenvalue weighted by atomic mass is 9.97. The van der Waals surface area contributed by atoms with Crippen molar-refractivity contribution in [1.82, 2.24) is 10.3 Å². The third-order valence-electron chi connectivity index (χ3n) is 4.05. The van der Waals surface area contributed by atoms with Crippen LogP contribution in [0.2, 0.25) is 0 Å². The van der Waals surface area contributed by atoms with Gasteiger partial charge >= 0.3 is 0 Å². The number of fused-ring (bicyclic) bond motifs is 1. The van der Waals surface area contributed by atoms with Crippen LogP contribution in [0.25, 0.3) is 0 Å². The van der Waals surface area contributed by atoms with Crippen molar-refractivity contribution in [3.05, 3.63) is 51.0 Å². The summed E-state index contributed by atoms with van der Waals surface area (Å²) < 4.78 is 5.84. The molecule has 2 aromatic rings. The molecule has 0 saturated carbocycles. The van der Waals surface area contributed by atoms with Gasteiger partial charge in [-0.1, -0.05) is 38.1 Å². The van der Waals surface area contributed by atoms with E-state index in [1.165, 1.54) is 22.5 Å². The zero-order valence-corrected chi connectivity index (χ0v) is 14.6. The number of amides is 1. The Hall–Kier alpha value is -1.72. The highest BCUT2D eigenvalue weighted by Crippen LogP contribution is 2.27. The SMILES string of the molecule is Cc1nc(C(C)C)sc1C(=O)NC[C@H]1OCCc2ccccc21. The molecule has 0 fully saturated rings. The van der Waals surface area contributed by atoms with Crippen molar-refractivity contribution < 1.29 is 9.53 Å². The van der Waals surface area contributed by atoms with Crippen LogP contribution in [0.4, 0.5) is 0 Å². The van der Waals surface area contributed by atoms with Crippen LogP contribution < -0.4 is 5.32 Å². The molecule has 0 unspecified atom stereocenters. The van der Waals surface area contributed by atoms with E-state index in [-0.39, 0.29) is 12.0 Å². The van der Waals surface area contributed by atoms with Crippen LogP contribution in [0.5, 0.6) is 0 Å². The number of thiazole rings is 1. The molecule has 1 aliphatic rings. The number of carbonyl (C=O) groups excluding carboxylic acids is 1. The Bertz CT molecular complexity index is 709. The molecular formula is C18H22N2O2S. The Labute approximate surface area is 140 Å². The van der Waals surface area contributed by atoms with Gasteiger partial charge in [-0.15, -0.1) is 11.3 Å². The lowest BCUT2D eigenvalue weighted by molar-refractivity contribution is 0.0412. The van der Waals surface area contributed by atoms with Gasteiger partial charge in [0.2, 0.25) is 0 Å². The van der Waals surface area contributed by atoms with Gasteiger partial charge in [-0.3, -0.25) is 4.79 Å². The molecule has 0 saturated heterocycles. The molecule has 0 spiro atoms. The van der Waals surface area contributed by atoms with Crippen LogP contribution in [0, 0.1) is 6.92 Å². The fourth-order valence-corrected chi connectivity index (χ4v) is 3.77. The second kappa shape index (κ2) is 6.81. The van der Waals surface area contributed by atoms with Gasteiger partial charge in [-0.2, -0.15) is 0 Å². The highest BCUT2D eigenvalue weighted by Gasteiger charge is 2.22. The van der Waals surface area contributed by atoms with Gasteiger partial charge in [0.1, 0.15) is 11.0 Å². The summed E-state index contributed by atoms with van der Waals surface area (Å²) in [6, 6.07) is 8.29. The van der Waals surface area contributed by atoms with Crippen LogP contribution in [0.1, 0.15) is 57.4 Å². The predicted molar refractivity (Wildman–Crippen MR) is 92.1 cm³/mol. The smallest absolute Gasteiger partial charge is 0.263 e. The number of aryl methyl sites for hydroxylation is 1. The molecule has 1 aliphatic heterocycles. The molecular weight excluding hydrogens is 308 g/mol. The molecule has 4 nitrogen and oxygen atoms in total. The van der Waals surface area contributed by atoms with Gasteiger partial charge in [-0.05, 0) is 24.5 Å².